The minimum absolute atomic E-state index is 0.130. The average molecular weight is 235 g/mol. The smallest absolute Gasteiger partial charge is 0.304 e. The number of hydrogen-bond acceptors (Lipinski definition) is 4. The second kappa shape index (κ2) is 5.72. The number of rotatable bonds is 4. The molecule has 1 aromatic heterocycles. The molecule has 0 amide bonds. The Hall–Kier alpha value is -1.49. The fourth-order valence-corrected chi connectivity index (χ4v) is 2.29. The number of carboxylic acid groups (broad SMARTS) is 1. The van der Waals surface area contributed by atoms with Gasteiger partial charge in [0.05, 0.1) is 13.0 Å². The number of aromatic nitrogens is 2. The van der Waals surface area contributed by atoms with Crippen LogP contribution in [0.5, 0.6) is 0 Å². The summed E-state index contributed by atoms with van der Waals surface area (Å²) in [5.41, 5.74) is 0. The van der Waals surface area contributed by atoms with E-state index in [2.05, 4.69) is 14.9 Å². The molecule has 1 fully saturated rings. The van der Waals surface area contributed by atoms with Crippen molar-refractivity contribution in [1.29, 1.82) is 0 Å². The standard InChI is InChI=1S/C12H17N3O2/c16-12(17)8-10-4-1-2-7-15(10)9-11-13-5-3-6-14-11/h3,5-6,10H,1-2,4,7-9H2,(H,16,17). The van der Waals surface area contributed by atoms with Crippen molar-refractivity contribution in [2.24, 2.45) is 0 Å². The van der Waals surface area contributed by atoms with Crippen molar-refractivity contribution in [2.75, 3.05) is 6.54 Å². The summed E-state index contributed by atoms with van der Waals surface area (Å²) < 4.78 is 0. The summed E-state index contributed by atoms with van der Waals surface area (Å²) >= 11 is 0. The van der Waals surface area contributed by atoms with Gasteiger partial charge in [-0.25, -0.2) is 9.97 Å². The van der Waals surface area contributed by atoms with Crippen LogP contribution < -0.4 is 0 Å². The van der Waals surface area contributed by atoms with Gasteiger partial charge in [0.15, 0.2) is 0 Å². The third-order valence-corrected chi connectivity index (χ3v) is 3.12. The van der Waals surface area contributed by atoms with Gasteiger partial charge in [0, 0.05) is 18.4 Å². The molecule has 1 aromatic rings. The molecular formula is C12H17N3O2. The van der Waals surface area contributed by atoms with Gasteiger partial charge in [-0.15, -0.1) is 0 Å². The van der Waals surface area contributed by atoms with E-state index in [1.807, 2.05) is 0 Å². The molecule has 1 aliphatic rings. The van der Waals surface area contributed by atoms with E-state index < -0.39 is 5.97 Å². The van der Waals surface area contributed by atoms with Gasteiger partial charge in [0.25, 0.3) is 0 Å². The molecule has 17 heavy (non-hydrogen) atoms. The van der Waals surface area contributed by atoms with Crippen LogP contribution in [0.2, 0.25) is 0 Å². The molecule has 92 valence electrons. The Morgan fingerprint density at radius 1 is 1.41 bits per heavy atom. The van der Waals surface area contributed by atoms with Gasteiger partial charge in [-0.05, 0) is 25.5 Å². The molecule has 1 aliphatic heterocycles. The molecule has 0 aliphatic carbocycles. The van der Waals surface area contributed by atoms with Gasteiger partial charge >= 0.3 is 5.97 Å². The zero-order chi connectivity index (χ0) is 12.1. The zero-order valence-corrected chi connectivity index (χ0v) is 9.75. The van der Waals surface area contributed by atoms with Crippen molar-refractivity contribution in [3.05, 3.63) is 24.3 Å². The lowest BCUT2D eigenvalue weighted by atomic mass is 9.99. The summed E-state index contributed by atoms with van der Waals surface area (Å²) in [6, 6.07) is 1.92. The Kier molecular flexibility index (Phi) is 4.03. The summed E-state index contributed by atoms with van der Waals surface area (Å²) in [5.74, 6) is 0.0423. The Labute approximate surface area is 100 Å². The Morgan fingerprint density at radius 2 is 2.18 bits per heavy atom. The van der Waals surface area contributed by atoms with E-state index in [9.17, 15) is 4.79 Å². The van der Waals surface area contributed by atoms with Crippen LogP contribution in [0.1, 0.15) is 31.5 Å². The highest BCUT2D eigenvalue weighted by Gasteiger charge is 2.25. The highest BCUT2D eigenvalue weighted by Crippen LogP contribution is 2.20. The molecule has 2 heterocycles. The quantitative estimate of drug-likeness (QED) is 0.852. The number of carboxylic acids is 1. The van der Waals surface area contributed by atoms with E-state index in [-0.39, 0.29) is 12.5 Å². The lowest BCUT2D eigenvalue weighted by molar-refractivity contribution is -0.138. The Morgan fingerprint density at radius 3 is 2.88 bits per heavy atom. The molecule has 0 aromatic carbocycles. The molecule has 1 N–H and O–H groups in total. The molecule has 0 bridgehead atoms. The second-order valence-electron chi connectivity index (χ2n) is 4.38. The zero-order valence-electron chi connectivity index (χ0n) is 9.75. The van der Waals surface area contributed by atoms with E-state index in [0.717, 1.165) is 31.6 Å². The van der Waals surface area contributed by atoms with Crippen LogP contribution in [0.3, 0.4) is 0 Å². The largest absolute Gasteiger partial charge is 0.481 e. The maximum absolute atomic E-state index is 10.8. The summed E-state index contributed by atoms with van der Waals surface area (Å²) in [4.78, 5) is 21.4. The lowest BCUT2D eigenvalue weighted by Gasteiger charge is -2.34. The summed E-state index contributed by atoms with van der Waals surface area (Å²) in [6.07, 6.45) is 6.86. The van der Waals surface area contributed by atoms with Crippen LogP contribution in [0.15, 0.2) is 18.5 Å². The van der Waals surface area contributed by atoms with Gasteiger partial charge in [0.1, 0.15) is 5.82 Å². The highest BCUT2D eigenvalue weighted by atomic mass is 16.4. The van der Waals surface area contributed by atoms with Gasteiger partial charge in [-0.1, -0.05) is 6.42 Å². The molecule has 5 heteroatoms. The van der Waals surface area contributed by atoms with E-state index in [0.29, 0.717) is 6.54 Å². The molecule has 1 unspecified atom stereocenters. The van der Waals surface area contributed by atoms with Crippen LogP contribution in [0.4, 0.5) is 0 Å². The lowest BCUT2D eigenvalue weighted by Crippen LogP contribution is -2.40. The van der Waals surface area contributed by atoms with Crippen LogP contribution >= 0.6 is 0 Å². The molecule has 5 nitrogen and oxygen atoms in total. The average Bonchev–Trinajstić information content (AvgIpc) is 2.32. The van der Waals surface area contributed by atoms with Crippen molar-refractivity contribution in [3.63, 3.8) is 0 Å². The third-order valence-electron chi connectivity index (χ3n) is 3.12. The predicted octanol–water partition coefficient (Wildman–Crippen LogP) is 1.31. The molecule has 1 atom stereocenters. The van der Waals surface area contributed by atoms with E-state index in [4.69, 9.17) is 5.11 Å². The normalized spacial score (nSPS) is 21.3. The van der Waals surface area contributed by atoms with Crippen molar-refractivity contribution < 1.29 is 9.90 Å². The number of carbonyl (C=O) groups is 1. The van der Waals surface area contributed by atoms with Crippen LogP contribution in [0.25, 0.3) is 0 Å². The van der Waals surface area contributed by atoms with Gasteiger partial charge < -0.3 is 5.11 Å². The number of hydrogen-bond donors (Lipinski definition) is 1. The minimum Gasteiger partial charge on any atom is -0.481 e. The Balaban J connectivity index is 1.99. The summed E-state index contributed by atoms with van der Waals surface area (Å²) in [5, 5.41) is 8.89. The first kappa shape index (κ1) is 12.0. The monoisotopic (exact) mass is 235 g/mol. The summed E-state index contributed by atoms with van der Waals surface area (Å²) in [7, 11) is 0. The van der Waals surface area contributed by atoms with Crippen LogP contribution in [-0.4, -0.2) is 38.5 Å². The molecule has 0 saturated carbocycles. The van der Waals surface area contributed by atoms with Crippen molar-refractivity contribution in [3.8, 4) is 0 Å². The fraction of sp³-hybridized carbons (Fsp3) is 0.583. The second-order valence-corrected chi connectivity index (χ2v) is 4.38. The van der Waals surface area contributed by atoms with Crippen LogP contribution in [0, 0.1) is 0 Å². The van der Waals surface area contributed by atoms with Gasteiger partial charge in [0.2, 0.25) is 0 Å². The maximum Gasteiger partial charge on any atom is 0.304 e. The first-order valence-electron chi connectivity index (χ1n) is 5.97. The fourth-order valence-electron chi connectivity index (χ4n) is 2.29. The van der Waals surface area contributed by atoms with E-state index >= 15 is 0 Å². The number of likely N-dealkylation sites (tertiary alicyclic amines) is 1. The summed E-state index contributed by atoms with van der Waals surface area (Å²) in [6.45, 7) is 1.59. The van der Waals surface area contributed by atoms with E-state index in [1.165, 1.54) is 0 Å². The molecule has 1 saturated heterocycles. The highest BCUT2D eigenvalue weighted by molar-refractivity contribution is 5.67. The number of piperidine rings is 1. The number of aliphatic carboxylic acids is 1. The molecule has 2 rings (SSSR count). The minimum atomic E-state index is -0.726. The van der Waals surface area contributed by atoms with Gasteiger partial charge in [-0.3, -0.25) is 9.69 Å². The van der Waals surface area contributed by atoms with Crippen LogP contribution in [-0.2, 0) is 11.3 Å². The SMILES string of the molecule is O=C(O)CC1CCCCN1Cc1ncccn1. The van der Waals surface area contributed by atoms with Crippen molar-refractivity contribution >= 4 is 5.97 Å². The topological polar surface area (TPSA) is 66.3 Å². The van der Waals surface area contributed by atoms with E-state index in [1.54, 1.807) is 18.5 Å². The first-order valence-corrected chi connectivity index (χ1v) is 5.97. The molecule has 0 spiro atoms. The van der Waals surface area contributed by atoms with Gasteiger partial charge in [-0.2, -0.15) is 0 Å². The third kappa shape index (κ3) is 3.49. The maximum atomic E-state index is 10.8. The number of nitrogens with zero attached hydrogens (tertiary/aromatic N) is 3. The first-order chi connectivity index (χ1) is 8.25. The predicted molar refractivity (Wildman–Crippen MR) is 62.3 cm³/mol. The van der Waals surface area contributed by atoms with Crippen molar-refractivity contribution in [1.82, 2.24) is 14.9 Å². The Bertz CT molecular complexity index is 369. The van der Waals surface area contributed by atoms with Crippen molar-refractivity contribution in [2.45, 2.75) is 38.3 Å². The molecular weight excluding hydrogens is 218 g/mol. The molecule has 0 radical (unpaired) electrons.